The van der Waals surface area contributed by atoms with Crippen molar-refractivity contribution in [2.75, 3.05) is 0 Å². The van der Waals surface area contributed by atoms with Gasteiger partial charge in [-0.25, -0.2) is 8.78 Å². The number of aliphatic hydroxyl groups excluding tert-OH is 1. The van der Waals surface area contributed by atoms with E-state index in [1.165, 1.54) is 6.07 Å². The molecule has 2 rings (SSSR count). The molecule has 0 aliphatic rings. The van der Waals surface area contributed by atoms with Gasteiger partial charge in [-0.3, -0.25) is 0 Å². The molecule has 0 saturated carbocycles. The van der Waals surface area contributed by atoms with Gasteiger partial charge in [0.2, 0.25) is 0 Å². The van der Waals surface area contributed by atoms with Crippen molar-refractivity contribution in [1.82, 2.24) is 0 Å². The highest BCUT2D eigenvalue weighted by Crippen LogP contribution is 2.39. The zero-order valence-corrected chi connectivity index (χ0v) is 12.5. The second kappa shape index (κ2) is 5.43. The SMILES string of the molecule is OC(c1cc(Cl)sc1Cl)c1c(F)cc(Br)cc1F. The van der Waals surface area contributed by atoms with Crippen LogP contribution < -0.4 is 0 Å². The average molecular weight is 374 g/mol. The van der Waals surface area contributed by atoms with Gasteiger partial charge in [-0.1, -0.05) is 39.1 Å². The largest absolute Gasteiger partial charge is 0.383 e. The molecule has 0 aliphatic carbocycles. The van der Waals surface area contributed by atoms with Gasteiger partial charge in [0.1, 0.15) is 22.1 Å². The molecule has 1 nitrogen and oxygen atoms in total. The molecule has 7 heteroatoms. The third-order valence-electron chi connectivity index (χ3n) is 2.29. The van der Waals surface area contributed by atoms with Crippen LogP contribution in [0.2, 0.25) is 8.67 Å². The smallest absolute Gasteiger partial charge is 0.133 e. The maximum absolute atomic E-state index is 13.7. The Morgan fingerprint density at radius 2 is 1.72 bits per heavy atom. The van der Waals surface area contributed by atoms with Crippen molar-refractivity contribution in [2.24, 2.45) is 0 Å². The Hall–Kier alpha value is -0.200. The number of thiophene rings is 1. The highest BCUT2D eigenvalue weighted by Gasteiger charge is 2.24. The van der Waals surface area contributed by atoms with Gasteiger partial charge in [-0.05, 0) is 18.2 Å². The molecule has 0 amide bonds. The molecule has 1 aromatic carbocycles. The number of aliphatic hydroxyl groups is 1. The lowest BCUT2D eigenvalue weighted by Crippen LogP contribution is -2.05. The fourth-order valence-electron chi connectivity index (χ4n) is 1.51. The Morgan fingerprint density at radius 3 is 2.17 bits per heavy atom. The van der Waals surface area contributed by atoms with E-state index < -0.39 is 23.3 Å². The average Bonchev–Trinajstić information content (AvgIpc) is 2.56. The summed E-state index contributed by atoms with van der Waals surface area (Å²) in [5, 5.41) is 10.0. The number of halogens is 5. The molecule has 1 atom stereocenters. The van der Waals surface area contributed by atoms with Gasteiger partial charge < -0.3 is 5.11 Å². The predicted molar refractivity (Wildman–Crippen MR) is 72.5 cm³/mol. The summed E-state index contributed by atoms with van der Waals surface area (Å²) >= 11 is 15.6. The topological polar surface area (TPSA) is 20.2 Å². The maximum Gasteiger partial charge on any atom is 0.133 e. The Balaban J connectivity index is 2.52. The third-order valence-corrected chi connectivity index (χ3v) is 4.27. The van der Waals surface area contributed by atoms with Crippen LogP contribution in [-0.4, -0.2) is 5.11 Å². The fraction of sp³-hybridized carbons (Fsp3) is 0.0909. The van der Waals surface area contributed by atoms with E-state index in [1.54, 1.807) is 0 Å². The maximum atomic E-state index is 13.7. The van der Waals surface area contributed by atoms with E-state index in [4.69, 9.17) is 23.2 Å². The summed E-state index contributed by atoms with van der Waals surface area (Å²) in [4.78, 5) is 0. The van der Waals surface area contributed by atoms with E-state index in [-0.39, 0.29) is 14.4 Å². The van der Waals surface area contributed by atoms with Crippen LogP contribution in [0.4, 0.5) is 8.78 Å². The molecule has 0 spiro atoms. The molecule has 18 heavy (non-hydrogen) atoms. The first kappa shape index (κ1) is 14.2. The van der Waals surface area contributed by atoms with Crippen molar-refractivity contribution in [1.29, 1.82) is 0 Å². The molecule has 0 radical (unpaired) electrons. The summed E-state index contributed by atoms with van der Waals surface area (Å²) in [6.45, 7) is 0. The van der Waals surface area contributed by atoms with Crippen LogP contribution in [0.25, 0.3) is 0 Å². The lowest BCUT2D eigenvalue weighted by Gasteiger charge is -2.12. The Kier molecular flexibility index (Phi) is 4.29. The highest BCUT2D eigenvalue weighted by atomic mass is 79.9. The normalized spacial score (nSPS) is 12.8. The predicted octanol–water partition coefficient (Wildman–Crippen LogP) is 5.18. The Labute approximate surface area is 124 Å². The second-order valence-corrected chi connectivity index (χ2v) is 6.67. The molecule has 0 aliphatic heterocycles. The molecule has 96 valence electrons. The molecule has 1 N–H and O–H groups in total. The zero-order chi connectivity index (χ0) is 13.4. The monoisotopic (exact) mass is 372 g/mol. The van der Waals surface area contributed by atoms with Crippen LogP contribution in [0.5, 0.6) is 0 Å². The molecule has 1 aromatic heterocycles. The summed E-state index contributed by atoms with van der Waals surface area (Å²) in [6, 6.07) is 3.53. The highest BCUT2D eigenvalue weighted by molar-refractivity contribution is 9.10. The fourth-order valence-corrected chi connectivity index (χ4v) is 3.43. The van der Waals surface area contributed by atoms with Crippen LogP contribution in [-0.2, 0) is 0 Å². The van der Waals surface area contributed by atoms with Gasteiger partial charge in [-0.2, -0.15) is 0 Å². The van der Waals surface area contributed by atoms with Crippen LogP contribution in [0.1, 0.15) is 17.2 Å². The minimum absolute atomic E-state index is 0.187. The molecule has 0 bridgehead atoms. The number of rotatable bonds is 2. The molecule has 0 saturated heterocycles. The van der Waals surface area contributed by atoms with Gasteiger partial charge in [0, 0.05) is 10.0 Å². The van der Waals surface area contributed by atoms with Crippen molar-refractivity contribution in [2.45, 2.75) is 6.10 Å². The van der Waals surface area contributed by atoms with E-state index in [0.29, 0.717) is 4.34 Å². The van der Waals surface area contributed by atoms with Gasteiger partial charge >= 0.3 is 0 Å². The van der Waals surface area contributed by atoms with Crippen LogP contribution >= 0.6 is 50.5 Å². The molecular formula is C11H5BrCl2F2OS. The summed E-state index contributed by atoms with van der Waals surface area (Å²) in [6.07, 6.45) is -1.49. The minimum atomic E-state index is -1.49. The minimum Gasteiger partial charge on any atom is -0.383 e. The van der Waals surface area contributed by atoms with Gasteiger partial charge in [-0.15, -0.1) is 11.3 Å². The first-order chi connectivity index (χ1) is 8.40. The first-order valence-corrected chi connectivity index (χ1v) is 7.04. The van der Waals surface area contributed by atoms with Crippen LogP contribution in [0, 0.1) is 11.6 Å². The lowest BCUT2D eigenvalue weighted by atomic mass is 10.0. The van der Waals surface area contributed by atoms with Gasteiger partial charge in [0.05, 0.1) is 9.90 Å². The third kappa shape index (κ3) is 2.70. The molecule has 0 fully saturated rings. The Morgan fingerprint density at radius 1 is 1.17 bits per heavy atom. The van der Waals surface area contributed by atoms with E-state index in [1.807, 2.05) is 0 Å². The van der Waals surface area contributed by atoms with Crippen molar-refractivity contribution < 1.29 is 13.9 Å². The van der Waals surface area contributed by atoms with Crippen molar-refractivity contribution >= 4 is 50.5 Å². The van der Waals surface area contributed by atoms with Gasteiger partial charge in [0.25, 0.3) is 0 Å². The van der Waals surface area contributed by atoms with E-state index in [0.717, 1.165) is 23.5 Å². The summed E-state index contributed by atoms with van der Waals surface area (Å²) in [5.74, 6) is -1.71. The van der Waals surface area contributed by atoms with Crippen molar-refractivity contribution in [3.63, 3.8) is 0 Å². The summed E-state index contributed by atoms with van der Waals surface area (Å²) in [5.41, 5.74) is -0.263. The van der Waals surface area contributed by atoms with Gasteiger partial charge in [0.15, 0.2) is 0 Å². The van der Waals surface area contributed by atoms with E-state index >= 15 is 0 Å². The molecule has 2 aromatic rings. The lowest BCUT2D eigenvalue weighted by molar-refractivity contribution is 0.209. The van der Waals surface area contributed by atoms with Crippen molar-refractivity contribution in [3.05, 3.63) is 54.1 Å². The van der Waals surface area contributed by atoms with Crippen LogP contribution in [0.15, 0.2) is 22.7 Å². The van der Waals surface area contributed by atoms with E-state index in [9.17, 15) is 13.9 Å². The number of benzene rings is 1. The van der Waals surface area contributed by atoms with Crippen LogP contribution in [0.3, 0.4) is 0 Å². The quantitative estimate of drug-likeness (QED) is 0.769. The van der Waals surface area contributed by atoms with Crippen molar-refractivity contribution in [3.8, 4) is 0 Å². The Bertz CT molecular complexity index is 580. The first-order valence-electron chi connectivity index (χ1n) is 4.67. The summed E-state index contributed by atoms with van der Waals surface area (Å²) in [7, 11) is 0. The standard InChI is InChI=1S/C11H5BrCl2F2OS/c12-4-1-6(15)9(7(16)2-4)10(17)5-3-8(13)18-11(5)14/h1-3,10,17H. The number of hydrogen-bond acceptors (Lipinski definition) is 2. The van der Waals surface area contributed by atoms with E-state index in [2.05, 4.69) is 15.9 Å². The summed E-state index contributed by atoms with van der Waals surface area (Å²) < 4.78 is 28.2. The second-order valence-electron chi connectivity index (χ2n) is 3.47. The zero-order valence-electron chi connectivity index (χ0n) is 8.55. The molecular weight excluding hydrogens is 369 g/mol. The number of hydrogen-bond donors (Lipinski definition) is 1. The molecule has 1 unspecified atom stereocenters. The molecule has 1 heterocycles.